The van der Waals surface area contributed by atoms with Gasteiger partial charge in [0.2, 0.25) is 5.91 Å². The summed E-state index contributed by atoms with van der Waals surface area (Å²) in [6.07, 6.45) is 0. The molecule has 1 N–H and O–H groups in total. The number of hydrogen-bond donors (Lipinski definition) is 1. The van der Waals surface area contributed by atoms with Gasteiger partial charge in [0.25, 0.3) is 0 Å². The molecule has 0 radical (unpaired) electrons. The summed E-state index contributed by atoms with van der Waals surface area (Å²) in [7, 11) is 1.90. The van der Waals surface area contributed by atoms with Crippen molar-refractivity contribution in [1.82, 2.24) is 14.8 Å². The lowest BCUT2D eigenvalue weighted by atomic mass is 10.1. The number of amides is 1. The van der Waals surface area contributed by atoms with E-state index in [0.717, 1.165) is 21.8 Å². The van der Waals surface area contributed by atoms with Crippen molar-refractivity contribution in [2.75, 3.05) is 11.1 Å². The van der Waals surface area contributed by atoms with Crippen molar-refractivity contribution in [2.24, 2.45) is 7.05 Å². The first-order valence-corrected chi connectivity index (χ1v) is 9.82. The Morgan fingerprint density at radius 2 is 2.16 bits per heavy atom. The highest BCUT2D eigenvalue weighted by atomic mass is 35.5. The van der Waals surface area contributed by atoms with Gasteiger partial charge < -0.3 is 9.88 Å². The number of anilines is 1. The molecule has 0 aliphatic carbocycles. The first kappa shape index (κ1) is 18.0. The first-order valence-electron chi connectivity index (χ1n) is 7.58. The zero-order valence-corrected chi connectivity index (χ0v) is 16.4. The Morgan fingerprint density at radius 3 is 2.84 bits per heavy atom. The maximum absolute atomic E-state index is 12.3. The summed E-state index contributed by atoms with van der Waals surface area (Å²) in [4.78, 5) is 13.3. The summed E-state index contributed by atoms with van der Waals surface area (Å²) in [6, 6.07) is 7.80. The zero-order valence-electron chi connectivity index (χ0n) is 14.0. The third-order valence-electron chi connectivity index (χ3n) is 3.60. The van der Waals surface area contributed by atoms with Gasteiger partial charge in [-0.2, -0.15) is 0 Å². The average molecular weight is 393 g/mol. The van der Waals surface area contributed by atoms with Crippen molar-refractivity contribution in [3.05, 3.63) is 45.8 Å². The summed E-state index contributed by atoms with van der Waals surface area (Å²) in [6.45, 7) is 3.90. The van der Waals surface area contributed by atoms with Crippen molar-refractivity contribution >= 4 is 46.3 Å². The third kappa shape index (κ3) is 4.05. The van der Waals surface area contributed by atoms with E-state index in [0.29, 0.717) is 15.9 Å². The summed E-state index contributed by atoms with van der Waals surface area (Å²) >= 11 is 9.19. The highest BCUT2D eigenvalue weighted by molar-refractivity contribution is 7.99. The van der Waals surface area contributed by atoms with E-state index >= 15 is 0 Å². The minimum atomic E-state index is -0.125. The number of aryl methyl sites for hydroxylation is 2. The molecule has 5 nitrogen and oxygen atoms in total. The Labute approximate surface area is 159 Å². The largest absolute Gasteiger partial charge is 0.324 e. The molecule has 0 fully saturated rings. The van der Waals surface area contributed by atoms with E-state index in [1.54, 1.807) is 11.3 Å². The number of nitrogens with zero attached hydrogens (tertiary/aromatic N) is 3. The number of thiophene rings is 1. The van der Waals surface area contributed by atoms with Gasteiger partial charge in [0, 0.05) is 7.05 Å². The second-order valence-electron chi connectivity index (χ2n) is 5.62. The number of hydrogen-bond acceptors (Lipinski definition) is 5. The summed E-state index contributed by atoms with van der Waals surface area (Å²) in [5.41, 5.74) is 2.67. The van der Waals surface area contributed by atoms with Crippen LogP contribution in [0, 0.1) is 13.8 Å². The zero-order chi connectivity index (χ0) is 18.0. The highest BCUT2D eigenvalue weighted by Crippen LogP contribution is 2.28. The molecule has 0 spiro atoms. The van der Waals surface area contributed by atoms with E-state index < -0.39 is 0 Å². The van der Waals surface area contributed by atoms with Gasteiger partial charge in [0.1, 0.15) is 0 Å². The average Bonchev–Trinajstić information content (AvgIpc) is 3.18. The van der Waals surface area contributed by atoms with E-state index in [9.17, 15) is 4.79 Å². The Bertz CT molecular complexity index is 883. The maximum Gasteiger partial charge on any atom is 0.234 e. The fraction of sp³-hybridized carbons (Fsp3) is 0.235. The van der Waals surface area contributed by atoms with Crippen LogP contribution >= 0.6 is 34.7 Å². The third-order valence-corrected chi connectivity index (χ3v) is 5.79. The number of carbonyl (C=O) groups is 1. The standard InChI is InChI=1S/C17H17ClN4OS2/c1-10-7-11(2)15(12(18)8-10)19-14(23)9-25-17-21-20-16(22(17)3)13-5-4-6-24-13/h4-8H,9H2,1-3H3,(H,19,23). The number of aromatic nitrogens is 3. The molecule has 1 amide bonds. The molecular formula is C17H17ClN4OS2. The van der Waals surface area contributed by atoms with Crippen molar-refractivity contribution in [2.45, 2.75) is 19.0 Å². The fourth-order valence-corrected chi connectivity index (χ4v) is 4.26. The predicted octanol–water partition coefficient (Wildman–Crippen LogP) is 4.54. The van der Waals surface area contributed by atoms with Crippen LogP contribution in [0.4, 0.5) is 5.69 Å². The van der Waals surface area contributed by atoms with E-state index in [1.165, 1.54) is 11.8 Å². The number of carbonyl (C=O) groups excluding carboxylic acids is 1. The molecule has 8 heteroatoms. The Morgan fingerprint density at radius 1 is 1.36 bits per heavy atom. The minimum absolute atomic E-state index is 0.125. The molecule has 3 rings (SSSR count). The monoisotopic (exact) mass is 392 g/mol. The van der Waals surface area contributed by atoms with Crippen LogP contribution in [0.15, 0.2) is 34.8 Å². The van der Waals surface area contributed by atoms with Crippen molar-refractivity contribution in [3.63, 3.8) is 0 Å². The summed E-state index contributed by atoms with van der Waals surface area (Å²) in [5, 5.41) is 14.5. The molecule has 2 aromatic heterocycles. The molecule has 0 aliphatic heterocycles. The summed E-state index contributed by atoms with van der Waals surface area (Å²) in [5.74, 6) is 0.912. The molecular weight excluding hydrogens is 376 g/mol. The quantitative estimate of drug-likeness (QED) is 0.647. The Balaban J connectivity index is 1.66. The van der Waals surface area contributed by atoms with Crippen LogP contribution in [-0.4, -0.2) is 26.4 Å². The first-order chi connectivity index (χ1) is 12.0. The second-order valence-corrected chi connectivity index (χ2v) is 7.92. The molecule has 130 valence electrons. The molecule has 0 unspecified atom stereocenters. The maximum atomic E-state index is 12.3. The molecule has 0 atom stereocenters. The van der Waals surface area contributed by atoms with Crippen LogP contribution in [0.3, 0.4) is 0 Å². The van der Waals surface area contributed by atoms with E-state index in [2.05, 4.69) is 15.5 Å². The van der Waals surface area contributed by atoms with Crippen LogP contribution in [0.1, 0.15) is 11.1 Å². The van der Waals surface area contributed by atoms with Gasteiger partial charge in [-0.1, -0.05) is 35.5 Å². The minimum Gasteiger partial charge on any atom is -0.324 e. The Hall–Kier alpha value is -1.83. The molecule has 3 aromatic rings. The fourth-order valence-electron chi connectivity index (χ4n) is 2.44. The molecule has 0 aliphatic rings. The van der Waals surface area contributed by atoms with Gasteiger partial charge in [-0.05, 0) is 42.5 Å². The number of benzene rings is 1. The molecule has 0 saturated carbocycles. The normalized spacial score (nSPS) is 10.9. The van der Waals surface area contributed by atoms with E-state index in [1.807, 2.05) is 55.1 Å². The van der Waals surface area contributed by atoms with Crippen LogP contribution in [-0.2, 0) is 11.8 Å². The van der Waals surface area contributed by atoms with Crippen LogP contribution < -0.4 is 5.32 Å². The lowest BCUT2D eigenvalue weighted by Crippen LogP contribution is -2.15. The Kier molecular flexibility index (Phi) is 5.46. The van der Waals surface area contributed by atoms with Gasteiger partial charge in [-0.3, -0.25) is 4.79 Å². The molecule has 0 saturated heterocycles. The number of thioether (sulfide) groups is 1. The van der Waals surface area contributed by atoms with Gasteiger partial charge in [0.05, 0.1) is 21.3 Å². The predicted molar refractivity (Wildman–Crippen MR) is 105 cm³/mol. The van der Waals surface area contributed by atoms with Gasteiger partial charge >= 0.3 is 0 Å². The lowest BCUT2D eigenvalue weighted by Gasteiger charge is -2.11. The van der Waals surface area contributed by atoms with Gasteiger partial charge in [-0.25, -0.2) is 0 Å². The van der Waals surface area contributed by atoms with E-state index in [4.69, 9.17) is 11.6 Å². The number of rotatable bonds is 5. The topological polar surface area (TPSA) is 59.8 Å². The highest BCUT2D eigenvalue weighted by Gasteiger charge is 2.15. The summed E-state index contributed by atoms with van der Waals surface area (Å²) < 4.78 is 1.90. The molecule has 1 aromatic carbocycles. The molecule has 25 heavy (non-hydrogen) atoms. The molecule has 0 bridgehead atoms. The van der Waals surface area contributed by atoms with Crippen LogP contribution in [0.5, 0.6) is 0 Å². The van der Waals surface area contributed by atoms with Crippen molar-refractivity contribution in [3.8, 4) is 10.7 Å². The number of nitrogens with one attached hydrogen (secondary N) is 1. The van der Waals surface area contributed by atoms with E-state index in [-0.39, 0.29) is 11.7 Å². The smallest absolute Gasteiger partial charge is 0.234 e. The van der Waals surface area contributed by atoms with Crippen LogP contribution in [0.25, 0.3) is 10.7 Å². The second kappa shape index (κ2) is 7.59. The SMILES string of the molecule is Cc1cc(C)c(NC(=O)CSc2nnc(-c3cccs3)n2C)c(Cl)c1. The molecule has 2 heterocycles. The van der Waals surface area contributed by atoms with Crippen molar-refractivity contribution < 1.29 is 4.79 Å². The van der Waals surface area contributed by atoms with Gasteiger partial charge in [0.15, 0.2) is 11.0 Å². The number of halogens is 1. The van der Waals surface area contributed by atoms with Crippen LogP contribution in [0.2, 0.25) is 5.02 Å². The van der Waals surface area contributed by atoms with Crippen molar-refractivity contribution in [1.29, 1.82) is 0 Å². The lowest BCUT2D eigenvalue weighted by molar-refractivity contribution is -0.113. The van der Waals surface area contributed by atoms with Gasteiger partial charge in [-0.15, -0.1) is 21.5 Å².